The number of rotatable bonds is 1. The number of nitrogen functional groups attached to an aromatic ring is 1. The highest BCUT2D eigenvalue weighted by Crippen LogP contribution is 2.20. The van der Waals surface area contributed by atoms with Crippen LogP contribution in [0.1, 0.15) is 10.4 Å². The lowest BCUT2D eigenvalue weighted by Crippen LogP contribution is -1.94. The molecule has 0 fully saturated rings. The average Bonchev–Trinajstić information content (AvgIpc) is 2.43. The van der Waals surface area contributed by atoms with Crippen LogP contribution < -0.4 is 5.73 Å². The summed E-state index contributed by atoms with van der Waals surface area (Å²) < 4.78 is 1.66. The molecule has 5 heteroatoms. The molecule has 0 unspecified atom stereocenters. The Morgan fingerprint density at radius 3 is 3.00 bits per heavy atom. The summed E-state index contributed by atoms with van der Waals surface area (Å²) in [4.78, 5) is 14.9. The van der Waals surface area contributed by atoms with Crippen LogP contribution in [0.4, 0.5) is 5.69 Å². The first-order valence-corrected chi connectivity index (χ1v) is 4.03. The number of nitrogens with two attached hydrogens (primary N) is 1. The van der Waals surface area contributed by atoms with Crippen molar-refractivity contribution in [2.24, 2.45) is 7.05 Å². The minimum absolute atomic E-state index is 0.224. The van der Waals surface area contributed by atoms with E-state index in [1.54, 1.807) is 17.7 Å². The van der Waals surface area contributed by atoms with Gasteiger partial charge in [-0.15, -0.1) is 0 Å². The number of anilines is 1. The number of pyridine rings is 1. The molecular weight excluding hydrogens is 182 g/mol. The van der Waals surface area contributed by atoms with E-state index in [1.807, 2.05) is 0 Å². The maximum Gasteiger partial charge on any atom is 0.337 e. The Balaban J connectivity index is 2.85. The second-order valence-electron chi connectivity index (χ2n) is 3.10. The van der Waals surface area contributed by atoms with E-state index in [9.17, 15) is 4.79 Å². The summed E-state index contributed by atoms with van der Waals surface area (Å²) in [6, 6.07) is 1.62. The van der Waals surface area contributed by atoms with Crippen molar-refractivity contribution < 1.29 is 9.90 Å². The summed E-state index contributed by atoms with van der Waals surface area (Å²) >= 11 is 0. The monoisotopic (exact) mass is 191 g/mol. The molecule has 2 aromatic rings. The molecule has 0 saturated heterocycles. The molecule has 72 valence electrons. The van der Waals surface area contributed by atoms with Crippen LogP contribution in [0.3, 0.4) is 0 Å². The van der Waals surface area contributed by atoms with Crippen LogP contribution >= 0.6 is 0 Å². The van der Waals surface area contributed by atoms with Crippen molar-refractivity contribution in [3.8, 4) is 0 Å². The van der Waals surface area contributed by atoms with Crippen molar-refractivity contribution in [3.05, 3.63) is 24.0 Å². The van der Waals surface area contributed by atoms with Crippen LogP contribution in [-0.4, -0.2) is 20.6 Å². The molecule has 2 rings (SSSR count). The van der Waals surface area contributed by atoms with Crippen LogP contribution in [0.2, 0.25) is 0 Å². The smallest absolute Gasteiger partial charge is 0.337 e. The van der Waals surface area contributed by atoms with Gasteiger partial charge >= 0.3 is 5.97 Å². The quantitative estimate of drug-likeness (QED) is 0.700. The van der Waals surface area contributed by atoms with Crippen molar-refractivity contribution in [1.82, 2.24) is 9.55 Å². The maximum atomic E-state index is 10.9. The van der Waals surface area contributed by atoms with E-state index in [0.29, 0.717) is 16.7 Å². The molecule has 2 heterocycles. The van der Waals surface area contributed by atoms with E-state index in [4.69, 9.17) is 10.8 Å². The molecule has 0 aliphatic heterocycles. The minimum Gasteiger partial charge on any atom is -0.478 e. The standard InChI is InChI=1S/C9H9N3O2/c1-12-4-7(9(13)14)6-2-5(10)3-11-8(6)12/h2-4H,10H2,1H3,(H,13,14). The van der Waals surface area contributed by atoms with Crippen molar-refractivity contribution in [2.75, 3.05) is 5.73 Å². The molecule has 0 radical (unpaired) electrons. The number of aryl methyl sites for hydroxylation is 1. The van der Waals surface area contributed by atoms with Crippen molar-refractivity contribution in [2.45, 2.75) is 0 Å². The van der Waals surface area contributed by atoms with Gasteiger partial charge in [0.15, 0.2) is 0 Å². The van der Waals surface area contributed by atoms with Crippen molar-refractivity contribution >= 4 is 22.7 Å². The molecule has 0 aromatic carbocycles. The van der Waals surface area contributed by atoms with E-state index in [-0.39, 0.29) is 5.56 Å². The molecule has 0 spiro atoms. The number of fused-ring (bicyclic) bond motifs is 1. The van der Waals surface area contributed by atoms with Crippen LogP contribution in [0.5, 0.6) is 0 Å². The molecule has 2 aromatic heterocycles. The molecule has 0 aliphatic rings. The summed E-state index contributed by atoms with van der Waals surface area (Å²) in [7, 11) is 1.75. The van der Waals surface area contributed by atoms with Crippen LogP contribution in [0.15, 0.2) is 18.5 Å². The Morgan fingerprint density at radius 1 is 1.64 bits per heavy atom. The number of carbonyl (C=O) groups is 1. The Kier molecular flexibility index (Phi) is 1.67. The third-order valence-corrected chi connectivity index (χ3v) is 2.07. The van der Waals surface area contributed by atoms with Crippen molar-refractivity contribution in [3.63, 3.8) is 0 Å². The summed E-state index contributed by atoms with van der Waals surface area (Å²) in [6.45, 7) is 0. The zero-order valence-corrected chi connectivity index (χ0v) is 7.56. The summed E-state index contributed by atoms with van der Waals surface area (Å²) in [5.41, 5.74) is 6.85. The fraction of sp³-hybridized carbons (Fsp3) is 0.111. The molecule has 0 aliphatic carbocycles. The number of nitrogens with zero attached hydrogens (tertiary/aromatic N) is 2. The zero-order chi connectivity index (χ0) is 10.3. The highest BCUT2D eigenvalue weighted by Gasteiger charge is 2.13. The molecule has 3 N–H and O–H groups in total. The average molecular weight is 191 g/mol. The fourth-order valence-corrected chi connectivity index (χ4v) is 1.45. The Labute approximate surface area is 79.8 Å². The van der Waals surface area contributed by atoms with Gasteiger partial charge < -0.3 is 15.4 Å². The third kappa shape index (κ3) is 1.10. The van der Waals surface area contributed by atoms with Gasteiger partial charge in [0.05, 0.1) is 17.4 Å². The Morgan fingerprint density at radius 2 is 2.36 bits per heavy atom. The van der Waals surface area contributed by atoms with Gasteiger partial charge in [0.1, 0.15) is 5.65 Å². The van der Waals surface area contributed by atoms with E-state index in [0.717, 1.165) is 0 Å². The van der Waals surface area contributed by atoms with E-state index >= 15 is 0 Å². The summed E-state index contributed by atoms with van der Waals surface area (Å²) in [5, 5.41) is 9.47. The first-order chi connectivity index (χ1) is 6.59. The van der Waals surface area contributed by atoms with E-state index in [1.165, 1.54) is 12.4 Å². The molecule has 0 bridgehead atoms. The zero-order valence-electron chi connectivity index (χ0n) is 7.56. The first kappa shape index (κ1) is 8.55. The van der Waals surface area contributed by atoms with Gasteiger partial charge in [-0.1, -0.05) is 0 Å². The number of carboxylic acid groups (broad SMARTS) is 1. The number of hydrogen-bond acceptors (Lipinski definition) is 3. The van der Waals surface area contributed by atoms with Gasteiger partial charge in [-0.25, -0.2) is 9.78 Å². The molecule has 0 saturated carbocycles. The molecule has 14 heavy (non-hydrogen) atoms. The van der Waals surface area contributed by atoms with Gasteiger partial charge in [-0.05, 0) is 6.07 Å². The normalized spacial score (nSPS) is 10.6. The van der Waals surface area contributed by atoms with Crippen molar-refractivity contribution in [1.29, 1.82) is 0 Å². The Bertz CT molecular complexity index is 516. The second-order valence-corrected chi connectivity index (χ2v) is 3.10. The number of hydrogen-bond donors (Lipinski definition) is 2. The number of aromatic nitrogens is 2. The van der Waals surface area contributed by atoms with Crippen LogP contribution in [-0.2, 0) is 7.05 Å². The second kappa shape index (κ2) is 2.73. The summed E-state index contributed by atoms with van der Waals surface area (Å²) in [6.07, 6.45) is 3.04. The van der Waals surface area contributed by atoms with Gasteiger partial charge in [0.2, 0.25) is 0 Å². The van der Waals surface area contributed by atoms with Crippen LogP contribution in [0.25, 0.3) is 11.0 Å². The van der Waals surface area contributed by atoms with Crippen LogP contribution in [0, 0.1) is 0 Å². The van der Waals surface area contributed by atoms with Gasteiger partial charge in [-0.3, -0.25) is 0 Å². The lowest BCUT2D eigenvalue weighted by Gasteiger charge is -1.95. The SMILES string of the molecule is Cn1cc(C(=O)O)c2cc(N)cnc21. The van der Waals surface area contributed by atoms with Gasteiger partial charge in [0, 0.05) is 18.6 Å². The highest BCUT2D eigenvalue weighted by atomic mass is 16.4. The first-order valence-electron chi connectivity index (χ1n) is 4.03. The lowest BCUT2D eigenvalue weighted by molar-refractivity contribution is 0.0699. The number of carboxylic acids is 1. The molecule has 5 nitrogen and oxygen atoms in total. The predicted octanol–water partition coefficient (Wildman–Crippen LogP) is 0.854. The molecule has 0 amide bonds. The molecular formula is C9H9N3O2. The maximum absolute atomic E-state index is 10.9. The van der Waals surface area contributed by atoms with E-state index < -0.39 is 5.97 Å². The topological polar surface area (TPSA) is 81.1 Å². The molecule has 0 atom stereocenters. The third-order valence-electron chi connectivity index (χ3n) is 2.07. The van der Waals surface area contributed by atoms with E-state index in [2.05, 4.69) is 4.98 Å². The summed E-state index contributed by atoms with van der Waals surface area (Å²) in [5.74, 6) is -0.969. The Hall–Kier alpha value is -2.04. The van der Waals surface area contributed by atoms with Gasteiger partial charge in [0.25, 0.3) is 0 Å². The minimum atomic E-state index is -0.969. The lowest BCUT2D eigenvalue weighted by atomic mass is 10.2. The highest BCUT2D eigenvalue weighted by molar-refractivity contribution is 6.03. The predicted molar refractivity (Wildman–Crippen MR) is 52.1 cm³/mol. The largest absolute Gasteiger partial charge is 0.478 e. The fourth-order valence-electron chi connectivity index (χ4n) is 1.45. The number of aromatic carboxylic acids is 1. The van der Waals surface area contributed by atoms with Gasteiger partial charge in [-0.2, -0.15) is 0 Å².